The summed E-state index contributed by atoms with van der Waals surface area (Å²) in [6.07, 6.45) is 3.11. The predicted molar refractivity (Wildman–Crippen MR) is 113 cm³/mol. The molecule has 1 aromatic heterocycles. The van der Waals surface area contributed by atoms with E-state index < -0.39 is 7.75 Å². The van der Waals surface area contributed by atoms with Gasteiger partial charge >= 0.3 is 7.75 Å². The van der Waals surface area contributed by atoms with Crippen molar-refractivity contribution in [2.75, 3.05) is 27.2 Å². The quantitative estimate of drug-likeness (QED) is 0.511. The van der Waals surface area contributed by atoms with E-state index in [1.807, 2.05) is 62.8 Å². The molecule has 2 aromatic carbocycles. The molecule has 0 spiro atoms. The number of hydrogen-bond acceptors (Lipinski definition) is 4. The maximum atomic E-state index is 13.7. The Bertz CT molecular complexity index is 1030. The molecule has 0 saturated carbocycles. The average Bonchev–Trinajstić information content (AvgIpc) is 3.06. The van der Waals surface area contributed by atoms with Crippen molar-refractivity contribution in [1.82, 2.24) is 9.24 Å². The minimum Gasteiger partial charge on any atom is -0.309 e. The standard InChI is InChI=1S/C21H24ClN2O3P/c1-23(2)12-10-17-15-24(20-9-4-3-8-19(17)20)28(25)26-13-11-21(27-28)16-6-5-7-18(22)14-16/h3-9,14-15,21H,10-13H2,1-2H3. The number of hydrogen-bond donors (Lipinski definition) is 0. The van der Waals surface area contributed by atoms with Crippen LogP contribution in [0.3, 0.4) is 0 Å². The molecule has 148 valence electrons. The summed E-state index contributed by atoms with van der Waals surface area (Å²) < 4.78 is 27.3. The molecule has 4 rings (SSSR count). The molecule has 2 heterocycles. The highest BCUT2D eigenvalue weighted by molar-refractivity contribution is 7.52. The fraction of sp³-hybridized carbons (Fsp3) is 0.333. The van der Waals surface area contributed by atoms with Crippen LogP contribution in [0, 0.1) is 0 Å². The second-order valence-corrected chi connectivity index (χ2v) is 9.58. The van der Waals surface area contributed by atoms with E-state index in [-0.39, 0.29) is 6.10 Å². The van der Waals surface area contributed by atoms with Gasteiger partial charge in [-0.3, -0.25) is 13.4 Å². The van der Waals surface area contributed by atoms with Crippen LogP contribution in [-0.4, -0.2) is 36.5 Å². The summed E-state index contributed by atoms with van der Waals surface area (Å²) in [7, 11) is 0.577. The van der Waals surface area contributed by atoms with Crippen LogP contribution in [0.2, 0.25) is 5.02 Å². The Morgan fingerprint density at radius 2 is 2.04 bits per heavy atom. The van der Waals surface area contributed by atoms with Crippen LogP contribution in [0.15, 0.2) is 54.7 Å². The van der Waals surface area contributed by atoms with Crippen LogP contribution in [0.5, 0.6) is 0 Å². The highest BCUT2D eigenvalue weighted by atomic mass is 35.5. The minimum absolute atomic E-state index is 0.315. The highest BCUT2D eigenvalue weighted by Crippen LogP contribution is 2.58. The van der Waals surface area contributed by atoms with Crippen molar-refractivity contribution >= 4 is 30.3 Å². The molecule has 2 unspecified atom stereocenters. The van der Waals surface area contributed by atoms with Crippen LogP contribution in [-0.2, 0) is 20.0 Å². The SMILES string of the molecule is CN(C)CCc1cn(P2(=O)OCCC(c3cccc(Cl)c3)O2)c2ccccc12. The van der Waals surface area contributed by atoms with Crippen molar-refractivity contribution < 1.29 is 13.6 Å². The van der Waals surface area contributed by atoms with Gasteiger partial charge in [0.25, 0.3) is 0 Å². The first-order chi connectivity index (χ1) is 13.5. The third kappa shape index (κ3) is 3.91. The van der Waals surface area contributed by atoms with E-state index in [9.17, 15) is 4.57 Å². The third-order valence-electron chi connectivity index (χ3n) is 4.98. The topological polar surface area (TPSA) is 43.7 Å². The molecule has 7 heteroatoms. The molecule has 0 N–H and O–H groups in total. The van der Waals surface area contributed by atoms with Gasteiger partial charge in [0.05, 0.1) is 18.2 Å². The van der Waals surface area contributed by atoms with E-state index in [0.717, 1.165) is 35.0 Å². The van der Waals surface area contributed by atoms with Gasteiger partial charge in [0.15, 0.2) is 0 Å². The smallest absolute Gasteiger partial charge is 0.309 e. The van der Waals surface area contributed by atoms with Crippen LogP contribution in [0.4, 0.5) is 0 Å². The van der Waals surface area contributed by atoms with Crippen molar-refractivity contribution in [1.29, 1.82) is 0 Å². The van der Waals surface area contributed by atoms with Gasteiger partial charge in [-0.1, -0.05) is 41.9 Å². The molecule has 1 aliphatic rings. The van der Waals surface area contributed by atoms with Crippen molar-refractivity contribution in [3.63, 3.8) is 0 Å². The molecule has 1 aliphatic heterocycles. The Labute approximate surface area is 170 Å². The lowest BCUT2D eigenvalue weighted by molar-refractivity contribution is 0.0771. The molecule has 5 nitrogen and oxygen atoms in total. The molecular formula is C21H24ClN2O3P. The Balaban J connectivity index is 1.71. The molecule has 0 amide bonds. The fourth-order valence-electron chi connectivity index (χ4n) is 3.54. The van der Waals surface area contributed by atoms with Gasteiger partial charge in [-0.25, -0.2) is 4.57 Å². The van der Waals surface area contributed by atoms with E-state index in [1.165, 1.54) is 0 Å². The first kappa shape index (κ1) is 19.7. The van der Waals surface area contributed by atoms with Crippen molar-refractivity contribution in [3.8, 4) is 0 Å². The van der Waals surface area contributed by atoms with Crippen molar-refractivity contribution in [3.05, 3.63) is 70.9 Å². The number of para-hydroxylation sites is 1. The summed E-state index contributed by atoms with van der Waals surface area (Å²) in [4.78, 5) is 2.14. The summed E-state index contributed by atoms with van der Waals surface area (Å²) in [5.41, 5.74) is 2.92. The zero-order valence-corrected chi connectivity index (χ0v) is 17.7. The van der Waals surface area contributed by atoms with Crippen molar-refractivity contribution in [2.24, 2.45) is 0 Å². The molecule has 1 fully saturated rings. The molecular weight excluding hydrogens is 395 g/mol. The molecule has 0 aliphatic carbocycles. The van der Waals surface area contributed by atoms with E-state index >= 15 is 0 Å². The van der Waals surface area contributed by atoms with Gasteiger partial charge in [0, 0.05) is 29.6 Å². The molecule has 2 atom stereocenters. The van der Waals surface area contributed by atoms with Gasteiger partial charge in [0.2, 0.25) is 0 Å². The minimum atomic E-state index is -3.51. The lowest BCUT2D eigenvalue weighted by Gasteiger charge is -2.30. The summed E-state index contributed by atoms with van der Waals surface area (Å²) >= 11 is 6.13. The summed E-state index contributed by atoms with van der Waals surface area (Å²) in [5, 5.41) is 1.72. The first-order valence-electron chi connectivity index (χ1n) is 9.39. The van der Waals surface area contributed by atoms with E-state index in [0.29, 0.717) is 18.1 Å². The second-order valence-electron chi connectivity index (χ2n) is 7.31. The van der Waals surface area contributed by atoms with Gasteiger partial charge in [0.1, 0.15) is 0 Å². The van der Waals surface area contributed by atoms with Gasteiger partial charge in [-0.15, -0.1) is 0 Å². The number of nitrogens with zero attached hydrogens (tertiary/aromatic N) is 2. The number of benzene rings is 2. The number of fused-ring (bicyclic) bond motifs is 1. The van der Waals surface area contributed by atoms with Crippen LogP contribution in [0.25, 0.3) is 10.9 Å². The average molecular weight is 419 g/mol. The van der Waals surface area contributed by atoms with Crippen molar-refractivity contribution in [2.45, 2.75) is 18.9 Å². The number of halogens is 1. The summed E-state index contributed by atoms with van der Waals surface area (Å²) in [6, 6.07) is 15.5. The lowest BCUT2D eigenvalue weighted by Crippen LogP contribution is -2.17. The first-order valence-corrected chi connectivity index (χ1v) is 11.3. The largest absolute Gasteiger partial charge is 0.439 e. The molecule has 0 bridgehead atoms. The third-order valence-corrected chi connectivity index (χ3v) is 7.11. The lowest BCUT2D eigenvalue weighted by atomic mass is 10.1. The zero-order valence-electron chi connectivity index (χ0n) is 16.0. The fourth-order valence-corrected chi connectivity index (χ4v) is 5.63. The summed E-state index contributed by atoms with van der Waals surface area (Å²) in [6.45, 7) is 1.28. The zero-order chi connectivity index (χ0) is 19.7. The number of aromatic nitrogens is 1. The molecule has 0 radical (unpaired) electrons. The number of likely N-dealkylation sites (N-methyl/N-ethyl adjacent to an activating group) is 1. The normalized spacial score (nSPS) is 22.8. The van der Waals surface area contributed by atoms with Crippen LogP contribution in [0.1, 0.15) is 23.7 Å². The second kappa shape index (κ2) is 8.02. The summed E-state index contributed by atoms with van der Waals surface area (Å²) in [5.74, 6) is 0. The van der Waals surface area contributed by atoms with Gasteiger partial charge < -0.3 is 4.90 Å². The van der Waals surface area contributed by atoms with E-state index in [4.69, 9.17) is 20.6 Å². The maximum absolute atomic E-state index is 13.7. The Kier molecular flexibility index (Phi) is 5.64. The van der Waals surface area contributed by atoms with Crippen LogP contribution < -0.4 is 0 Å². The molecule has 3 aromatic rings. The van der Waals surface area contributed by atoms with Gasteiger partial charge in [-0.2, -0.15) is 0 Å². The van der Waals surface area contributed by atoms with Gasteiger partial charge in [-0.05, 0) is 49.8 Å². The Morgan fingerprint density at radius 1 is 1.21 bits per heavy atom. The Morgan fingerprint density at radius 3 is 2.82 bits per heavy atom. The van der Waals surface area contributed by atoms with E-state index in [1.54, 1.807) is 4.34 Å². The highest BCUT2D eigenvalue weighted by Gasteiger charge is 2.37. The predicted octanol–water partition coefficient (Wildman–Crippen LogP) is 5.53. The maximum Gasteiger partial charge on any atom is 0.439 e. The Hall–Kier alpha value is -1.62. The monoisotopic (exact) mass is 418 g/mol. The van der Waals surface area contributed by atoms with Crippen LogP contribution >= 0.6 is 19.3 Å². The molecule has 1 saturated heterocycles. The van der Waals surface area contributed by atoms with E-state index in [2.05, 4.69) is 11.0 Å². The molecule has 28 heavy (non-hydrogen) atoms. The number of rotatable bonds is 5.